The van der Waals surface area contributed by atoms with E-state index < -0.39 is 10.8 Å². The van der Waals surface area contributed by atoms with Crippen LogP contribution in [-0.2, 0) is 10.8 Å². The minimum absolute atomic E-state index is 0.310. The average Bonchev–Trinajstić information content (AvgIpc) is 2.35. The van der Waals surface area contributed by atoms with E-state index in [2.05, 4.69) is 36.6 Å². The monoisotopic (exact) mass is 319 g/mol. The zero-order valence-electron chi connectivity index (χ0n) is 9.15. The third-order valence-corrected chi connectivity index (χ3v) is 4.56. The molecule has 8 heteroatoms. The summed E-state index contributed by atoms with van der Waals surface area (Å²) in [5, 5.41) is 3.32. The molecule has 17 heavy (non-hydrogen) atoms. The molecule has 0 radical (unpaired) electrons. The van der Waals surface area contributed by atoms with Crippen LogP contribution in [0.5, 0.6) is 0 Å². The van der Waals surface area contributed by atoms with Crippen LogP contribution < -0.4 is 16.6 Å². The Hall–Kier alpha value is -0.730. The van der Waals surface area contributed by atoms with Gasteiger partial charge in [-0.15, -0.1) is 0 Å². The fourth-order valence-electron chi connectivity index (χ4n) is 1.67. The first kappa shape index (κ1) is 12.7. The van der Waals surface area contributed by atoms with Crippen LogP contribution in [0.3, 0.4) is 0 Å². The van der Waals surface area contributed by atoms with Crippen LogP contribution in [0.2, 0.25) is 0 Å². The topological polar surface area (TPSA) is 92.9 Å². The molecule has 0 unspecified atom stereocenters. The standard InChI is InChI=1S/C9H14BrN5OS/c10-7-5-12-9(15-11)14-8(7)13-6-1-3-17(16)4-2-6/h5-6H,1-4,11H2,(H2,12,13,14,15). The molecule has 0 saturated carbocycles. The molecule has 0 aromatic carbocycles. The van der Waals surface area contributed by atoms with Crippen LogP contribution in [0.1, 0.15) is 12.8 Å². The maximum absolute atomic E-state index is 11.3. The predicted octanol–water partition coefficient (Wildman–Crippen LogP) is 0.848. The summed E-state index contributed by atoms with van der Waals surface area (Å²) in [6.45, 7) is 0. The van der Waals surface area contributed by atoms with E-state index in [9.17, 15) is 4.21 Å². The first-order valence-corrected chi connectivity index (χ1v) is 7.58. The molecule has 1 fully saturated rings. The first-order valence-electron chi connectivity index (χ1n) is 5.29. The number of halogens is 1. The SMILES string of the molecule is NNc1ncc(Br)c(NC2CCS(=O)CC2)n1. The number of hydrazine groups is 1. The highest BCUT2D eigenvalue weighted by Gasteiger charge is 2.19. The second-order valence-electron chi connectivity index (χ2n) is 3.80. The maximum atomic E-state index is 11.3. The van der Waals surface area contributed by atoms with E-state index in [1.54, 1.807) is 6.20 Å². The first-order chi connectivity index (χ1) is 8.19. The van der Waals surface area contributed by atoms with Gasteiger partial charge in [0.25, 0.3) is 0 Å². The number of nitrogens with zero attached hydrogens (tertiary/aromatic N) is 2. The van der Waals surface area contributed by atoms with Gasteiger partial charge in [-0.1, -0.05) is 0 Å². The van der Waals surface area contributed by atoms with Crippen molar-refractivity contribution in [2.45, 2.75) is 18.9 Å². The number of anilines is 2. The Morgan fingerprint density at radius 2 is 2.18 bits per heavy atom. The summed E-state index contributed by atoms with van der Waals surface area (Å²) >= 11 is 3.38. The van der Waals surface area contributed by atoms with Crippen molar-refractivity contribution in [3.63, 3.8) is 0 Å². The fourth-order valence-corrected chi connectivity index (χ4v) is 3.27. The van der Waals surface area contributed by atoms with Crippen molar-refractivity contribution in [2.24, 2.45) is 5.84 Å². The number of nitrogens with two attached hydrogens (primary N) is 1. The summed E-state index contributed by atoms with van der Waals surface area (Å²) in [5.74, 6) is 7.85. The Balaban J connectivity index is 2.04. The lowest BCUT2D eigenvalue weighted by Gasteiger charge is -2.23. The van der Waals surface area contributed by atoms with Crippen LogP contribution >= 0.6 is 15.9 Å². The summed E-state index contributed by atoms with van der Waals surface area (Å²) in [7, 11) is -0.647. The Kier molecular flexibility index (Phi) is 4.30. The summed E-state index contributed by atoms with van der Waals surface area (Å²) in [5.41, 5.74) is 2.41. The number of aromatic nitrogens is 2. The smallest absolute Gasteiger partial charge is 0.239 e. The molecule has 0 amide bonds. The minimum atomic E-state index is -0.647. The summed E-state index contributed by atoms with van der Waals surface area (Å²) in [4.78, 5) is 8.20. The second kappa shape index (κ2) is 5.74. The van der Waals surface area contributed by atoms with Gasteiger partial charge in [-0.25, -0.2) is 10.8 Å². The molecule has 1 aromatic rings. The zero-order chi connectivity index (χ0) is 12.3. The summed E-state index contributed by atoms with van der Waals surface area (Å²) in [6, 6.07) is 0.310. The van der Waals surface area contributed by atoms with E-state index in [0.717, 1.165) is 28.8 Å². The lowest BCUT2D eigenvalue weighted by Crippen LogP contribution is -2.30. The molecule has 0 aliphatic carbocycles. The van der Waals surface area contributed by atoms with E-state index in [4.69, 9.17) is 5.84 Å². The minimum Gasteiger partial charge on any atom is -0.366 e. The lowest BCUT2D eigenvalue weighted by molar-refractivity contribution is 0.622. The molecule has 1 saturated heterocycles. The molecule has 0 bridgehead atoms. The number of rotatable bonds is 3. The largest absolute Gasteiger partial charge is 0.366 e. The van der Waals surface area contributed by atoms with Gasteiger partial charge in [0.2, 0.25) is 5.95 Å². The van der Waals surface area contributed by atoms with Gasteiger partial charge in [-0.3, -0.25) is 9.63 Å². The molecule has 94 valence electrons. The fraction of sp³-hybridized carbons (Fsp3) is 0.556. The van der Waals surface area contributed by atoms with Crippen LogP contribution in [-0.4, -0.2) is 31.7 Å². The number of nitrogens with one attached hydrogen (secondary N) is 2. The van der Waals surface area contributed by atoms with E-state index in [-0.39, 0.29) is 0 Å². The number of hydrogen-bond acceptors (Lipinski definition) is 6. The van der Waals surface area contributed by atoms with Crippen molar-refractivity contribution in [3.8, 4) is 0 Å². The predicted molar refractivity (Wildman–Crippen MR) is 72.1 cm³/mol. The van der Waals surface area contributed by atoms with Gasteiger partial charge in [0, 0.05) is 34.5 Å². The van der Waals surface area contributed by atoms with Crippen molar-refractivity contribution in [1.82, 2.24) is 9.97 Å². The molecule has 1 aliphatic rings. The van der Waals surface area contributed by atoms with Gasteiger partial charge < -0.3 is 5.32 Å². The third kappa shape index (κ3) is 3.36. The Labute approximate surface area is 110 Å². The van der Waals surface area contributed by atoms with E-state index in [1.165, 1.54) is 0 Å². The molecule has 1 aliphatic heterocycles. The normalized spacial score (nSPS) is 24.4. The molecular weight excluding hydrogens is 306 g/mol. The van der Waals surface area contributed by atoms with Crippen molar-refractivity contribution in [1.29, 1.82) is 0 Å². The molecule has 2 heterocycles. The Morgan fingerprint density at radius 3 is 2.82 bits per heavy atom. The molecule has 2 rings (SSSR count). The molecule has 1 aromatic heterocycles. The van der Waals surface area contributed by atoms with Gasteiger partial charge in [0.15, 0.2) is 0 Å². The highest BCUT2D eigenvalue weighted by Crippen LogP contribution is 2.23. The van der Waals surface area contributed by atoms with Crippen molar-refractivity contribution >= 4 is 38.5 Å². The van der Waals surface area contributed by atoms with Crippen molar-refractivity contribution in [3.05, 3.63) is 10.7 Å². The van der Waals surface area contributed by atoms with E-state index in [0.29, 0.717) is 17.8 Å². The van der Waals surface area contributed by atoms with E-state index in [1.807, 2.05) is 0 Å². The van der Waals surface area contributed by atoms with Crippen LogP contribution in [0, 0.1) is 0 Å². The lowest BCUT2D eigenvalue weighted by atomic mass is 10.1. The van der Waals surface area contributed by atoms with Gasteiger partial charge in [-0.2, -0.15) is 4.98 Å². The zero-order valence-corrected chi connectivity index (χ0v) is 11.6. The van der Waals surface area contributed by atoms with Crippen LogP contribution in [0.4, 0.5) is 11.8 Å². The molecule has 0 atom stereocenters. The molecule has 6 nitrogen and oxygen atoms in total. The van der Waals surface area contributed by atoms with Gasteiger partial charge in [-0.05, 0) is 28.8 Å². The van der Waals surface area contributed by atoms with Crippen molar-refractivity contribution in [2.75, 3.05) is 22.2 Å². The Bertz CT molecular complexity index is 420. The highest BCUT2D eigenvalue weighted by atomic mass is 79.9. The summed E-state index contributed by atoms with van der Waals surface area (Å²) in [6.07, 6.45) is 3.44. The van der Waals surface area contributed by atoms with Crippen LogP contribution in [0.25, 0.3) is 0 Å². The molecule has 4 N–H and O–H groups in total. The van der Waals surface area contributed by atoms with Gasteiger partial charge in [0.05, 0.1) is 4.47 Å². The number of hydrogen-bond donors (Lipinski definition) is 3. The average molecular weight is 320 g/mol. The van der Waals surface area contributed by atoms with Crippen LogP contribution in [0.15, 0.2) is 10.7 Å². The van der Waals surface area contributed by atoms with Gasteiger partial charge >= 0.3 is 0 Å². The summed E-state index contributed by atoms with van der Waals surface area (Å²) < 4.78 is 12.0. The third-order valence-electron chi connectivity index (χ3n) is 2.60. The highest BCUT2D eigenvalue weighted by molar-refractivity contribution is 9.10. The molecule has 0 spiro atoms. The van der Waals surface area contributed by atoms with Crippen molar-refractivity contribution < 1.29 is 4.21 Å². The van der Waals surface area contributed by atoms with Gasteiger partial charge in [0.1, 0.15) is 5.82 Å². The van der Waals surface area contributed by atoms with E-state index >= 15 is 0 Å². The second-order valence-corrected chi connectivity index (χ2v) is 6.35. The quantitative estimate of drug-likeness (QED) is 0.565. The molecular formula is C9H14BrN5OS. The Morgan fingerprint density at radius 1 is 1.47 bits per heavy atom. The number of nitrogen functional groups attached to an aromatic ring is 1. The maximum Gasteiger partial charge on any atom is 0.239 e.